The highest BCUT2D eigenvalue weighted by atomic mass is 35.5. The Morgan fingerprint density at radius 2 is 1.56 bits per heavy atom. The molecule has 0 saturated carbocycles. The van der Waals surface area contributed by atoms with Crippen LogP contribution in [0.3, 0.4) is 0 Å². The Balaban J connectivity index is 2.21. The fourth-order valence-corrected chi connectivity index (χ4v) is 2.28. The van der Waals surface area contributed by atoms with Crippen LogP contribution in [0.15, 0.2) is 42.5 Å². The molecule has 0 bridgehead atoms. The molecule has 0 saturated heterocycles. The zero-order valence-corrected chi connectivity index (χ0v) is 10.9. The molecule has 1 atom stereocenters. The van der Waals surface area contributed by atoms with Crippen molar-refractivity contribution in [2.24, 2.45) is 0 Å². The molecule has 94 valence electrons. The highest BCUT2D eigenvalue weighted by Gasteiger charge is 2.13. The van der Waals surface area contributed by atoms with Crippen molar-refractivity contribution in [3.05, 3.63) is 69.5 Å². The fourth-order valence-electron chi connectivity index (χ4n) is 1.72. The average molecular weight is 285 g/mol. The number of hydrogen-bond acceptors (Lipinski definition) is 1. The van der Waals surface area contributed by atoms with Crippen molar-refractivity contribution in [1.82, 2.24) is 0 Å². The molecule has 1 unspecified atom stereocenters. The quantitative estimate of drug-likeness (QED) is 0.885. The molecule has 0 aliphatic heterocycles. The lowest BCUT2D eigenvalue weighted by atomic mass is 10.0. The number of halogens is 3. The van der Waals surface area contributed by atoms with Crippen LogP contribution < -0.4 is 0 Å². The normalized spacial score (nSPS) is 12.4. The first-order valence-corrected chi connectivity index (χ1v) is 6.20. The summed E-state index contributed by atoms with van der Waals surface area (Å²) in [5.74, 6) is -0.332. The Labute approximate surface area is 115 Å². The summed E-state index contributed by atoms with van der Waals surface area (Å²) < 4.78 is 12.8. The van der Waals surface area contributed by atoms with E-state index in [4.69, 9.17) is 23.2 Å². The molecular weight excluding hydrogens is 274 g/mol. The van der Waals surface area contributed by atoms with Gasteiger partial charge in [0.1, 0.15) is 5.82 Å². The molecule has 0 aliphatic rings. The van der Waals surface area contributed by atoms with Gasteiger partial charge in [0.05, 0.1) is 6.10 Å². The van der Waals surface area contributed by atoms with E-state index in [1.54, 1.807) is 30.3 Å². The predicted octanol–water partition coefficient (Wildman–Crippen LogP) is 4.41. The highest BCUT2D eigenvalue weighted by molar-refractivity contribution is 6.35. The molecule has 0 radical (unpaired) electrons. The Hall–Kier alpha value is -1.09. The van der Waals surface area contributed by atoms with Crippen LogP contribution in [0.25, 0.3) is 0 Å². The van der Waals surface area contributed by atoms with Crippen LogP contribution in [0.2, 0.25) is 10.0 Å². The summed E-state index contributed by atoms with van der Waals surface area (Å²) in [5, 5.41) is 11.1. The van der Waals surface area contributed by atoms with Gasteiger partial charge in [-0.05, 0) is 35.4 Å². The van der Waals surface area contributed by atoms with Crippen LogP contribution in [0, 0.1) is 5.82 Å². The number of benzene rings is 2. The zero-order valence-electron chi connectivity index (χ0n) is 9.41. The molecule has 2 aromatic rings. The third-order valence-corrected chi connectivity index (χ3v) is 3.42. The van der Waals surface area contributed by atoms with E-state index in [2.05, 4.69) is 0 Å². The maximum atomic E-state index is 12.8. The van der Waals surface area contributed by atoms with Crippen LogP contribution >= 0.6 is 23.2 Å². The van der Waals surface area contributed by atoms with Gasteiger partial charge >= 0.3 is 0 Å². The van der Waals surface area contributed by atoms with Crippen molar-refractivity contribution in [2.45, 2.75) is 12.5 Å². The van der Waals surface area contributed by atoms with Crippen molar-refractivity contribution in [2.75, 3.05) is 0 Å². The first-order valence-electron chi connectivity index (χ1n) is 5.44. The van der Waals surface area contributed by atoms with Crippen molar-refractivity contribution in [3.8, 4) is 0 Å². The number of aliphatic hydroxyl groups excluding tert-OH is 1. The lowest BCUT2D eigenvalue weighted by molar-refractivity contribution is 0.178. The fraction of sp³-hybridized carbons (Fsp3) is 0.143. The Kier molecular flexibility index (Phi) is 4.23. The van der Waals surface area contributed by atoms with E-state index < -0.39 is 6.10 Å². The lowest BCUT2D eigenvalue weighted by Crippen LogP contribution is -2.03. The summed E-state index contributed by atoms with van der Waals surface area (Å²) >= 11 is 12.1. The molecule has 0 aromatic heterocycles. The number of rotatable bonds is 3. The van der Waals surface area contributed by atoms with Gasteiger partial charge in [0, 0.05) is 16.5 Å². The topological polar surface area (TPSA) is 20.2 Å². The summed E-state index contributed by atoms with van der Waals surface area (Å²) in [6, 6.07) is 10.9. The summed E-state index contributed by atoms with van der Waals surface area (Å²) in [6.07, 6.45) is -0.465. The van der Waals surface area contributed by atoms with Gasteiger partial charge in [-0.25, -0.2) is 4.39 Å². The minimum absolute atomic E-state index is 0.296. The van der Waals surface area contributed by atoms with Gasteiger partial charge in [-0.1, -0.05) is 41.4 Å². The summed E-state index contributed by atoms with van der Waals surface area (Å²) in [4.78, 5) is 0. The van der Waals surface area contributed by atoms with Gasteiger partial charge in [-0.15, -0.1) is 0 Å². The van der Waals surface area contributed by atoms with Crippen LogP contribution in [-0.4, -0.2) is 5.11 Å². The summed E-state index contributed by atoms with van der Waals surface area (Å²) in [5.41, 5.74) is 1.32. The van der Waals surface area contributed by atoms with Gasteiger partial charge in [-0.2, -0.15) is 0 Å². The van der Waals surface area contributed by atoms with Crippen molar-refractivity contribution in [3.63, 3.8) is 0 Å². The molecule has 0 heterocycles. The Morgan fingerprint density at radius 3 is 2.11 bits per heavy atom. The van der Waals surface area contributed by atoms with Gasteiger partial charge in [0.15, 0.2) is 0 Å². The zero-order chi connectivity index (χ0) is 13.1. The molecule has 1 N–H and O–H groups in total. The summed E-state index contributed by atoms with van der Waals surface area (Å²) in [6.45, 7) is 0. The molecule has 0 fully saturated rings. The summed E-state index contributed by atoms with van der Waals surface area (Å²) in [7, 11) is 0. The van der Waals surface area contributed by atoms with E-state index in [9.17, 15) is 9.50 Å². The van der Waals surface area contributed by atoms with Gasteiger partial charge in [0.2, 0.25) is 0 Å². The largest absolute Gasteiger partial charge is 0.388 e. The minimum atomic E-state index is -0.761. The first-order chi connectivity index (χ1) is 8.58. The average Bonchev–Trinajstić information content (AvgIpc) is 2.34. The smallest absolute Gasteiger partial charge is 0.123 e. The molecule has 1 nitrogen and oxygen atoms in total. The van der Waals surface area contributed by atoms with Crippen molar-refractivity contribution >= 4 is 23.2 Å². The maximum absolute atomic E-state index is 12.8. The van der Waals surface area contributed by atoms with E-state index in [1.807, 2.05) is 0 Å². The van der Waals surface area contributed by atoms with Crippen molar-refractivity contribution in [1.29, 1.82) is 0 Å². The molecule has 0 spiro atoms. The maximum Gasteiger partial charge on any atom is 0.123 e. The van der Waals surface area contributed by atoms with E-state index in [0.29, 0.717) is 27.6 Å². The van der Waals surface area contributed by atoms with E-state index in [0.717, 1.165) is 0 Å². The third kappa shape index (κ3) is 3.02. The molecule has 2 rings (SSSR count). The van der Waals surface area contributed by atoms with Gasteiger partial charge in [0.25, 0.3) is 0 Å². The number of aliphatic hydroxyl groups is 1. The van der Waals surface area contributed by atoms with Crippen molar-refractivity contribution < 1.29 is 9.50 Å². The second kappa shape index (κ2) is 5.70. The third-order valence-electron chi connectivity index (χ3n) is 2.71. The highest BCUT2D eigenvalue weighted by Crippen LogP contribution is 2.29. The molecule has 0 aliphatic carbocycles. The van der Waals surface area contributed by atoms with Gasteiger partial charge in [-0.3, -0.25) is 0 Å². The second-order valence-corrected chi connectivity index (χ2v) is 4.79. The van der Waals surface area contributed by atoms with Crippen LogP contribution in [-0.2, 0) is 6.42 Å². The van der Waals surface area contributed by atoms with Crippen LogP contribution in [0.4, 0.5) is 4.39 Å². The van der Waals surface area contributed by atoms with E-state index in [-0.39, 0.29) is 5.82 Å². The van der Waals surface area contributed by atoms with Crippen LogP contribution in [0.5, 0.6) is 0 Å². The monoisotopic (exact) mass is 284 g/mol. The molecular formula is C14H11Cl2FO. The van der Waals surface area contributed by atoms with Crippen LogP contribution in [0.1, 0.15) is 17.2 Å². The van der Waals surface area contributed by atoms with E-state index in [1.165, 1.54) is 12.1 Å². The Morgan fingerprint density at radius 1 is 1.00 bits per heavy atom. The Bertz CT molecular complexity index is 520. The van der Waals surface area contributed by atoms with E-state index >= 15 is 0 Å². The molecule has 4 heteroatoms. The standard InChI is InChI=1S/C14H11Cl2FO/c15-12-2-1-3-13(16)11(12)8-14(18)9-4-6-10(17)7-5-9/h1-7,14,18H,8H2. The predicted molar refractivity (Wildman–Crippen MR) is 71.5 cm³/mol. The minimum Gasteiger partial charge on any atom is -0.388 e. The number of hydrogen-bond donors (Lipinski definition) is 1. The molecule has 0 amide bonds. The SMILES string of the molecule is OC(Cc1c(Cl)cccc1Cl)c1ccc(F)cc1. The first kappa shape index (κ1) is 13.3. The molecule has 2 aromatic carbocycles. The molecule has 18 heavy (non-hydrogen) atoms. The van der Waals surface area contributed by atoms with Gasteiger partial charge < -0.3 is 5.11 Å². The second-order valence-electron chi connectivity index (χ2n) is 3.97. The lowest BCUT2D eigenvalue weighted by Gasteiger charge is -2.13.